The molecule has 1 aromatic rings. The highest BCUT2D eigenvalue weighted by atomic mass is 32.2. The molecule has 1 N–H and O–H groups in total. The van der Waals surface area contributed by atoms with Crippen LogP contribution in [0.3, 0.4) is 0 Å². The van der Waals surface area contributed by atoms with E-state index in [1.54, 1.807) is 18.3 Å². The molecular formula is C12H14N2O3S. The number of hydrazone groups is 1. The van der Waals surface area contributed by atoms with Crippen molar-refractivity contribution in [1.82, 2.24) is 0 Å². The Hall–Kier alpha value is -1.69. The second-order valence-corrected chi connectivity index (χ2v) is 4.95. The van der Waals surface area contributed by atoms with Crippen molar-refractivity contribution in [3.8, 4) is 11.5 Å². The average molecular weight is 266 g/mol. The molecule has 0 radical (unpaired) electrons. The number of phenolic OH excluding ortho intramolecular Hbond substituents is 1. The van der Waals surface area contributed by atoms with Crippen molar-refractivity contribution in [3.05, 3.63) is 18.2 Å². The molecule has 1 aliphatic rings. The molecule has 0 bridgehead atoms. The fourth-order valence-electron chi connectivity index (χ4n) is 1.57. The molecule has 1 aliphatic heterocycles. The van der Waals surface area contributed by atoms with Crippen LogP contribution in [0.1, 0.15) is 13.3 Å². The Labute approximate surface area is 109 Å². The lowest BCUT2D eigenvalue weighted by atomic mass is 10.2. The number of benzene rings is 1. The Morgan fingerprint density at radius 2 is 2.33 bits per heavy atom. The third-order valence-corrected chi connectivity index (χ3v) is 3.72. The van der Waals surface area contributed by atoms with E-state index in [0.29, 0.717) is 11.4 Å². The summed E-state index contributed by atoms with van der Waals surface area (Å²) in [5.74, 6) is 0.354. The van der Waals surface area contributed by atoms with Gasteiger partial charge in [-0.05, 0) is 18.6 Å². The second kappa shape index (κ2) is 5.30. The summed E-state index contributed by atoms with van der Waals surface area (Å²) >= 11 is 1.23. The summed E-state index contributed by atoms with van der Waals surface area (Å²) in [7, 11) is 1.47. The van der Waals surface area contributed by atoms with Crippen molar-refractivity contribution in [1.29, 1.82) is 0 Å². The number of phenols is 1. The molecule has 0 fully saturated rings. The van der Waals surface area contributed by atoms with Gasteiger partial charge in [-0.3, -0.25) is 4.79 Å². The first-order chi connectivity index (χ1) is 8.65. The smallest absolute Gasteiger partial charge is 0.307 e. The summed E-state index contributed by atoms with van der Waals surface area (Å²) < 4.78 is 4.95. The zero-order valence-corrected chi connectivity index (χ0v) is 11.0. The molecule has 1 aromatic carbocycles. The number of anilines is 1. The van der Waals surface area contributed by atoms with Gasteiger partial charge in [0.15, 0.2) is 11.5 Å². The summed E-state index contributed by atoms with van der Waals surface area (Å²) in [6.45, 7) is 2.01. The van der Waals surface area contributed by atoms with Crippen molar-refractivity contribution in [3.63, 3.8) is 0 Å². The predicted octanol–water partition coefficient (Wildman–Crippen LogP) is 2.84. The third-order valence-electron chi connectivity index (χ3n) is 2.58. The minimum Gasteiger partial charge on any atom is -0.504 e. The van der Waals surface area contributed by atoms with Crippen LogP contribution in [0.4, 0.5) is 10.5 Å². The van der Waals surface area contributed by atoms with E-state index >= 15 is 0 Å². The van der Waals surface area contributed by atoms with E-state index in [9.17, 15) is 9.90 Å². The topological polar surface area (TPSA) is 62.1 Å². The zero-order chi connectivity index (χ0) is 13.1. The van der Waals surface area contributed by atoms with Crippen LogP contribution in [0.5, 0.6) is 11.5 Å². The predicted molar refractivity (Wildman–Crippen MR) is 72.7 cm³/mol. The number of nitrogens with zero attached hydrogens (tertiary/aromatic N) is 2. The molecule has 6 heteroatoms. The largest absolute Gasteiger partial charge is 0.504 e. The average Bonchev–Trinajstić information content (AvgIpc) is 2.38. The van der Waals surface area contributed by atoms with Crippen molar-refractivity contribution in [2.24, 2.45) is 5.10 Å². The first-order valence-corrected chi connectivity index (χ1v) is 6.45. The van der Waals surface area contributed by atoms with E-state index < -0.39 is 0 Å². The van der Waals surface area contributed by atoms with Crippen LogP contribution in [0.15, 0.2) is 23.3 Å². The highest BCUT2D eigenvalue weighted by Gasteiger charge is 2.24. The number of hydrogen-bond donors (Lipinski definition) is 1. The van der Waals surface area contributed by atoms with Gasteiger partial charge in [0.05, 0.1) is 18.0 Å². The van der Waals surface area contributed by atoms with Crippen molar-refractivity contribution in [2.45, 2.75) is 18.6 Å². The van der Waals surface area contributed by atoms with E-state index in [1.165, 1.54) is 29.9 Å². The number of thioether (sulfide) groups is 1. The molecule has 0 aliphatic carbocycles. The zero-order valence-electron chi connectivity index (χ0n) is 10.2. The SMILES string of the molecule is CCC1C=NN(c2ccc(OC)c(O)c2)C(=O)S1. The van der Waals surface area contributed by atoms with Crippen molar-refractivity contribution < 1.29 is 14.6 Å². The summed E-state index contributed by atoms with van der Waals surface area (Å²) in [6.07, 6.45) is 2.61. The first-order valence-electron chi connectivity index (χ1n) is 5.57. The van der Waals surface area contributed by atoms with Gasteiger partial charge in [-0.2, -0.15) is 10.1 Å². The van der Waals surface area contributed by atoms with Crippen molar-refractivity contribution >= 4 is 28.9 Å². The van der Waals surface area contributed by atoms with Gasteiger partial charge in [0.2, 0.25) is 0 Å². The van der Waals surface area contributed by atoms with Crippen LogP contribution in [0.25, 0.3) is 0 Å². The number of methoxy groups -OCH3 is 1. The lowest BCUT2D eigenvalue weighted by Crippen LogP contribution is -2.29. The molecular weight excluding hydrogens is 252 g/mol. The minimum absolute atomic E-state index is 0.0133. The summed E-state index contributed by atoms with van der Waals surface area (Å²) in [4.78, 5) is 11.9. The van der Waals surface area contributed by atoms with Gasteiger partial charge in [-0.25, -0.2) is 0 Å². The number of aromatic hydroxyl groups is 1. The van der Waals surface area contributed by atoms with Crippen LogP contribution in [0, 0.1) is 0 Å². The normalized spacial score (nSPS) is 19.1. The van der Waals surface area contributed by atoms with Gasteiger partial charge < -0.3 is 9.84 Å². The molecule has 1 atom stereocenters. The molecule has 0 saturated carbocycles. The fraction of sp³-hybridized carbons (Fsp3) is 0.333. The van der Waals surface area contributed by atoms with Gasteiger partial charge >= 0.3 is 5.24 Å². The molecule has 2 rings (SSSR count). The molecule has 0 saturated heterocycles. The van der Waals surface area contributed by atoms with E-state index in [2.05, 4.69) is 5.10 Å². The quantitative estimate of drug-likeness (QED) is 0.913. The van der Waals surface area contributed by atoms with Gasteiger partial charge in [-0.15, -0.1) is 0 Å². The standard InChI is InChI=1S/C12H14N2O3S/c1-3-9-7-13-14(12(16)18-9)8-4-5-11(17-2)10(15)6-8/h4-7,9,15H,3H2,1-2H3. The van der Waals surface area contributed by atoms with Gasteiger partial charge in [0, 0.05) is 12.3 Å². The van der Waals surface area contributed by atoms with Crippen LogP contribution in [-0.2, 0) is 0 Å². The second-order valence-electron chi connectivity index (χ2n) is 3.76. The van der Waals surface area contributed by atoms with Crippen molar-refractivity contribution in [2.75, 3.05) is 12.1 Å². The fourth-order valence-corrected chi connectivity index (χ4v) is 2.36. The van der Waals surface area contributed by atoms with Gasteiger partial charge in [0.25, 0.3) is 0 Å². The molecule has 1 heterocycles. The molecule has 1 unspecified atom stereocenters. The highest BCUT2D eigenvalue weighted by Crippen LogP contribution is 2.33. The number of amides is 1. The Morgan fingerprint density at radius 1 is 1.56 bits per heavy atom. The molecule has 1 amide bonds. The molecule has 18 heavy (non-hydrogen) atoms. The van der Waals surface area contributed by atoms with E-state index in [1.807, 2.05) is 6.92 Å². The number of carbonyl (C=O) groups is 1. The summed E-state index contributed by atoms with van der Waals surface area (Å²) in [6, 6.07) is 4.74. The van der Waals surface area contributed by atoms with E-state index in [0.717, 1.165) is 6.42 Å². The maximum Gasteiger partial charge on any atom is 0.307 e. The van der Waals surface area contributed by atoms with E-state index in [4.69, 9.17) is 4.74 Å². The molecule has 96 valence electrons. The highest BCUT2D eigenvalue weighted by molar-refractivity contribution is 8.15. The van der Waals surface area contributed by atoms with Gasteiger partial charge in [0.1, 0.15) is 0 Å². The third kappa shape index (κ3) is 2.43. The molecule has 0 aromatic heterocycles. The minimum atomic E-state index is -0.145. The first kappa shape index (κ1) is 12.8. The lowest BCUT2D eigenvalue weighted by Gasteiger charge is -2.23. The maximum absolute atomic E-state index is 11.9. The Kier molecular flexibility index (Phi) is 3.76. The van der Waals surface area contributed by atoms with Crippen LogP contribution < -0.4 is 9.75 Å². The summed E-state index contributed by atoms with van der Waals surface area (Å²) in [5, 5.41) is 15.1. The van der Waals surface area contributed by atoms with Crippen LogP contribution >= 0.6 is 11.8 Å². The Morgan fingerprint density at radius 3 is 2.89 bits per heavy atom. The van der Waals surface area contributed by atoms with Crippen LogP contribution in [0.2, 0.25) is 0 Å². The number of rotatable bonds is 3. The Bertz CT molecular complexity index is 490. The number of carbonyl (C=O) groups excluding carboxylic acids is 1. The number of hydrogen-bond acceptors (Lipinski definition) is 5. The molecule has 5 nitrogen and oxygen atoms in total. The molecule has 0 spiro atoms. The lowest BCUT2D eigenvalue weighted by molar-refractivity contribution is 0.265. The maximum atomic E-state index is 11.9. The summed E-state index contributed by atoms with van der Waals surface area (Å²) in [5.41, 5.74) is 0.525. The monoisotopic (exact) mass is 266 g/mol. The number of ether oxygens (including phenoxy) is 1. The Balaban J connectivity index is 2.27. The van der Waals surface area contributed by atoms with Crippen LogP contribution in [-0.4, -0.2) is 28.9 Å². The van der Waals surface area contributed by atoms with E-state index in [-0.39, 0.29) is 16.2 Å². The van der Waals surface area contributed by atoms with Gasteiger partial charge in [-0.1, -0.05) is 18.7 Å².